The van der Waals surface area contributed by atoms with E-state index in [1.54, 1.807) is 0 Å². The normalized spacial score (nSPS) is 20.8. The van der Waals surface area contributed by atoms with Crippen molar-refractivity contribution >= 4 is 15.9 Å². The zero-order chi connectivity index (χ0) is 15.5. The first-order valence-corrected chi connectivity index (χ1v) is 9.96. The number of rotatable bonds is 4. The van der Waals surface area contributed by atoms with Crippen molar-refractivity contribution in [3.63, 3.8) is 0 Å². The summed E-state index contributed by atoms with van der Waals surface area (Å²) in [6, 6.07) is 0. The predicted molar refractivity (Wildman–Crippen MR) is 97.4 cm³/mol. The van der Waals surface area contributed by atoms with Crippen molar-refractivity contribution in [1.29, 1.82) is 0 Å². The average Bonchev–Trinajstić information content (AvgIpc) is 2.53. The maximum atomic E-state index is 3.31. The van der Waals surface area contributed by atoms with Crippen LogP contribution in [-0.2, 0) is 0 Å². The van der Waals surface area contributed by atoms with E-state index < -0.39 is 0 Å². The average molecular weight is 337 g/mol. The molecule has 19 heavy (non-hydrogen) atoms. The topological polar surface area (TPSA) is 0 Å². The summed E-state index contributed by atoms with van der Waals surface area (Å²) >= 11 is 3.31. The molecule has 0 spiro atoms. The molecule has 0 aromatic heterocycles. The maximum absolute atomic E-state index is 3.31. The van der Waals surface area contributed by atoms with Gasteiger partial charge in [0.05, 0.1) is 0 Å². The van der Waals surface area contributed by atoms with E-state index >= 15 is 0 Å². The van der Waals surface area contributed by atoms with Crippen LogP contribution in [0.4, 0.5) is 0 Å². The van der Waals surface area contributed by atoms with Gasteiger partial charge in [-0.25, -0.2) is 0 Å². The third kappa shape index (κ3) is 18.5. The summed E-state index contributed by atoms with van der Waals surface area (Å²) in [5, 5.41) is 1.16. The molecule has 0 aromatic carbocycles. The van der Waals surface area contributed by atoms with E-state index in [4.69, 9.17) is 0 Å². The van der Waals surface area contributed by atoms with E-state index in [2.05, 4.69) is 36.7 Å². The number of halogens is 1. The summed E-state index contributed by atoms with van der Waals surface area (Å²) < 4.78 is 0. The van der Waals surface area contributed by atoms with Gasteiger partial charge in [-0.05, 0) is 18.3 Å². The predicted octanol–water partition coefficient (Wildman–Crippen LogP) is 7.85. The Balaban J connectivity index is -0.000000242. The third-order valence-corrected chi connectivity index (χ3v) is 4.17. The highest BCUT2D eigenvalue weighted by Gasteiger charge is 2.17. The zero-order valence-corrected chi connectivity index (χ0v) is 16.5. The monoisotopic (exact) mass is 336 g/mol. The molecular formula is C18H41Br. The van der Waals surface area contributed by atoms with Gasteiger partial charge in [0, 0.05) is 5.33 Å². The highest BCUT2D eigenvalue weighted by Crippen LogP contribution is 2.31. The van der Waals surface area contributed by atoms with Crippen molar-refractivity contribution in [2.45, 2.75) is 99.8 Å². The highest BCUT2D eigenvalue weighted by atomic mass is 79.9. The van der Waals surface area contributed by atoms with E-state index in [1.807, 2.05) is 27.7 Å². The van der Waals surface area contributed by atoms with E-state index in [1.165, 1.54) is 51.4 Å². The lowest BCUT2D eigenvalue weighted by atomic mass is 9.80. The van der Waals surface area contributed by atoms with E-state index in [0.29, 0.717) is 0 Å². The van der Waals surface area contributed by atoms with Crippen LogP contribution in [0.5, 0.6) is 0 Å². The SMILES string of the molecule is CC.CC.CCC1CCC(CC)CC1.CCCCBr. The molecule has 0 aromatic rings. The second-order valence-electron chi connectivity index (χ2n) is 4.75. The Morgan fingerprint density at radius 3 is 1.16 bits per heavy atom. The molecule has 0 radical (unpaired) electrons. The summed E-state index contributed by atoms with van der Waals surface area (Å²) in [5.74, 6) is 2.14. The summed E-state index contributed by atoms with van der Waals surface area (Å²) in [5.41, 5.74) is 0. The first-order chi connectivity index (χ1) is 9.28. The fourth-order valence-electron chi connectivity index (χ4n) is 2.18. The molecule has 0 atom stereocenters. The lowest BCUT2D eigenvalue weighted by molar-refractivity contribution is 0.264. The minimum atomic E-state index is 1.07. The molecule has 0 unspecified atom stereocenters. The first-order valence-electron chi connectivity index (χ1n) is 8.84. The van der Waals surface area contributed by atoms with Crippen molar-refractivity contribution in [3.05, 3.63) is 0 Å². The molecule has 0 aliphatic heterocycles. The molecule has 0 N–H and O–H groups in total. The molecule has 0 nitrogen and oxygen atoms in total. The second-order valence-corrected chi connectivity index (χ2v) is 5.54. The Hall–Kier alpha value is 0.480. The Bertz CT molecular complexity index is 101. The Morgan fingerprint density at radius 2 is 1.05 bits per heavy atom. The summed E-state index contributed by atoms with van der Waals surface area (Å²) in [4.78, 5) is 0. The number of unbranched alkanes of at least 4 members (excludes halogenated alkanes) is 1. The van der Waals surface area contributed by atoms with Crippen LogP contribution in [0.3, 0.4) is 0 Å². The lowest BCUT2D eigenvalue weighted by Gasteiger charge is -2.26. The standard InChI is InChI=1S/C10H20.C4H9Br.2C2H6/c1-3-9-5-7-10(4-2)8-6-9;1-2-3-4-5;2*1-2/h9-10H,3-8H2,1-2H3;2-4H2,1H3;2*1-2H3. The Morgan fingerprint density at radius 1 is 0.737 bits per heavy atom. The van der Waals surface area contributed by atoms with Gasteiger partial charge in [-0.2, -0.15) is 0 Å². The minimum absolute atomic E-state index is 1.07. The molecule has 120 valence electrons. The van der Waals surface area contributed by atoms with Gasteiger partial charge in [-0.1, -0.05) is 109 Å². The van der Waals surface area contributed by atoms with Gasteiger partial charge in [0.2, 0.25) is 0 Å². The van der Waals surface area contributed by atoms with Crippen molar-refractivity contribution in [1.82, 2.24) is 0 Å². The van der Waals surface area contributed by atoms with Crippen LogP contribution in [0.1, 0.15) is 99.8 Å². The Labute approximate surface area is 133 Å². The smallest absolute Gasteiger partial charge is 0.00312 e. The second kappa shape index (κ2) is 23.6. The number of hydrogen-bond acceptors (Lipinski definition) is 0. The van der Waals surface area contributed by atoms with Crippen LogP contribution in [0.2, 0.25) is 0 Å². The molecule has 1 saturated carbocycles. The molecule has 1 rings (SSSR count). The van der Waals surface area contributed by atoms with Crippen LogP contribution >= 0.6 is 15.9 Å². The van der Waals surface area contributed by atoms with Gasteiger partial charge in [0.1, 0.15) is 0 Å². The van der Waals surface area contributed by atoms with Crippen molar-refractivity contribution in [2.24, 2.45) is 11.8 Å². The maximum Gasteiger partial charge on any atom is 0.00312 e. The summed E-state index contributed by atoms with van der Waals surface area (Å²) in [6.07, 6.45) is 11.5. The molecule has 0 bridgehead atoms. The molecule has 1 aliphatic rings. The van der Waals surface area contributed by atoms with Crippen molar-refractivity contribution in [2.75, 3.05) is 5.33 Å². The highest BCUT2D eigenvalue weighted by molar-refractivity contribution is 9.09. The third-order valence-electron chi connectivity index (χ3n) is 3.61. The molecule has 1 heteroatoms. The van der Waals surface area contributed by atoms with Gasteiger partial charge < -0.3 is 0 Å². The van der Waals surface area contributed by atoms with Crippen LogP contribution < -0.4 is 0 Å². The van der Waals surface area contributed by atoms with E-state index in [9.17, 15) is 0 Å². The quantitative estimate of drug-likeness (QED) is 0.458. The largest absolute Gasteiger partial charge is 0.0928 e. The summed E-state index contributed by atoms with van der Waals surface area (Å²) in [6.45, 7) is 14.8. The molecule has 0 amide bonds. The van der Waals surface area contributed by atoms with Crippen LogP contribution in [0, 0.1) is 11.8 Å². The Kier molecular flexibility index (Phi) is 30.4. The number of alkyl halides is 1. The van der Waals surface area contributed by atoms with Gasteiger partial charge in [-0.15, -0.1) is 0 Å². The summed E-state index contributed by atoms with van der Waals surface area (Å²) in [7, 11) is 0. The van der Waals surface area contributed by atoms with E-state index in [-0.39, 0.29) is 0 Å². The van der Waals surface area contributed by atoms with Gasteiger partial charge in [0.25, 0.3) is 0 Å². The van der Waals surface area contributed by atoms with E-state index in [0.717, 1.165) is 17.2 Å². The van der Waals surface area contributed by atoms with Crippen molar-refractivity contribution < 1.29 is 0 Å². The minimum Gasteiger partial charge on any atom is -0.0928 e. The molecule has 0 heterocycles. The number of hydrogen-bond donors (Lipinski definition) is 0. The lowest BCUT2D eigenvalue weighted by Crippen LogP contribution is -2.12. The molecular weight excluding hydrogens is 296 g/mol. The molecule has 1 fully saturated rings. The van der Waals surface area contributed by atoms with Crippen LogP contribution in [0.15, 0.2) is 0 Å². The van der Waals surface area contributed by atoms with Crippen LogP contribution in [-0.4, -0.2) is 5.33 Å². The van der Waals surface area contributed by atoms with Gasteiger partial charge in [0.15, 0.2) is 0 Å². The van der Waals surface area contributed by atoms with Crippen molar-refractivity contribution in [3.8, 4) is 0 Å². The van der Waals surface area contributed by atoms with Crippen LogP contribution in [0.25, 0.3) is 0 Å². The fraction of sp³-hybridized carbons (Fsp3) is 1.00. The molecule has 0 saturated heterocycles. The zero-order valence-electron chi connectivity index (χ0n) is 14.9. The van der Waals surface area contributed by atoms with Gasteiger partial charge >= 0.3 is 0 Å². The van der Waals surface area contributed by atoms with Gasteiger partial charge in [-0.3, -0.25) is 0 Å². The fourth-order valence-corrected chi connectivity index (χ4v) is 2.74. The first kappa shape index (κ1) is 24.5. The molecule has 1 aliphatic carbocycles.